The van der Waals surface area contributed by atoms with E-state index >= 15 is 0 Å². The maximum atomic E-state index is 12.4. The summed E-state index contributed by atoms with van der Waals surface area (Å²) in [6.07, 6.45) is 17.8. The maximum Gasteiger partial charge on any atom is 0.303 e. The molecular weight excluding hydrogens is 578 g/mol. The topological polar surface area (TPSA) is 126 Å². The van der Waals surface area contributed by atoms with E-state index in [0.717, 1.165) is 12.8 Å². The maximum absolute atomic E-state index is 12.4. The van der Waals surface area contributed by atoms with Crippen molar-refractivity contribution in [1.29, 1.82) is 0 Å². The highest BCUT2D eigenvalue weighted by Gasteiger charge is 2.26. The second-order valence-corrected chi connectivity index (χ2v) is 15.5. The zero-order chi connectivity index (χ0) is 33.3. The van der Waals surface area contributed by atoms with Crippen molar-refractivity contribution in [3.63, 3.8) is 0 Å². The van der Waals surface area contributed by atoms with Gasteiger partial charge in [-0.1, -0.05) is 126 Å². The van der Waals surface area contributed by atoms with Crippen molar-refractivity contribution in [3.8, 4) is 0 Å². The van der Waals surface area contributed by atoms with Crippen molar-refractivity contribution >= 4 is 29.7 Å². The van der Waals surface area contributed by atoms with Crippen LogP contribution >= 0.6 is 11.9 Å². The van der Waals surface area contributed by atoms with E-state index in [4.69, 9.17) is 14.7 Å². The van der Waals surface area contributed by atoms with Gasteiger partial charge in [0.15, 0.2) is 0 Å². The van der Waals surface area contributed by atoms with Crippen molar-refractivity contribution in [2.75, 3.05) is 32.2 Å². The minimum absolute atomic E-state index is 0.0125. The molecule has 260 valence electrons. The molecule has 0 saturated heterocycles. The Labute approximate surface area is 273 Å². The van der Waals surface area contributed by atoms with E-state index in [-0.39, 0.29) is 35.7 Å². The van der Waals surface area contributed by atoms with E-state index in [1.54, 1.807) is 0 Å². The number of amides is 2. The number of hydrogen-bond acceptors (Lipinski definition) is 7. The van der Waals surface area contributed by atoms with Crippen LogP contribution in [0.25, 0.3) is 0 Å². The lowest BCUT2D eigenvalue weighted by atomic mass is 9.89. The lowest BCUT2D eigenvalue weighted by Crippen LogP contribution is -2.38. The number of carboxylic acids is 1. The average molecular weight is 646 g/mol. The smallest absolute Gasteiger partial charge is 0.303 e. The summed E-state index contributed by atoms with van der Waals surface area (Å²) in [5.41, 5.74) is -1.03. The number of rotatable bonds is 30. The minimum Gasteiger partial charge on any atom is -0.481 e. The van der Waals surface area contributed by atoms with Gasteiger partial charge < -0.3 is 20.5 Å². The van der Waals surface area contributed by atoms with Gasteiger partial charge in [-0.05, 0) is 23.8 Å². The monoisotopic (exact) mass is 645 g/mol. The Kier molecular flexibility index (Phi) is 24.1. The summed E-state index contributed by atoms with van der Waals surface area (Å²) in [5.74, 6) is -0.518. The minimum atomic E-state index is -0.865. The van der Waals surface area contributed by atoms with Crippen molar-refractivity contribution < 1.29 is 29.1 Å². The molecule has 0 atom stereocenters. The molecule has 0 bridgehead atoms. The molecule has 9 nitrogen and oxygen atoms in total. The number of carbonyl (C=O) groups excluding carboxylic acids is 2. The second kappa shape index (κ2) is 24.8. The summed E-state index contributed by atoms with van der Waals surface area (Å²) in [7, 11) is 0. The molecule has 0 aliphatic heterocycles. The molecule has 0 rings (SSSR count). The highest BCUT2D eigenvalue weighted by atomic mass is 32.2. The van der Waals surface area contributed by atoms with Crippen LogP contribution < -0.4 is 15.5 Å². The van der Waals surface area contributed by atoms with E-state index in [1.165, 1.54) is 82.6 Å². The molecule has 0 unspecified atom stereocenters. The van der Waals surface area contributed by atoms with Crippen LogP contribution in [0.15, 0.2) is 0 Å². The van der Waals surface area contributed by atoms with Crippen molar-refractivity contribution in [3.05, 3.63) is 0 Å². The Morgan fingerprint density at radius 2 is 1.14 bits per heavy atom. The van der Waals surface area contributed by atoms with Crippen LogP contribution in [-0.4, -0.2) is 55.1 Å². The van der Waals surface area contributed by atoms with Gasteiger partial charge in [0.25, 0.3) is 0 Å². The molecule has 0 aromatic heterocycles. The van der Waals surface area contributed by atoms with Gasteiger partial charge in [0.1, 0.15) is 0 Å². The van der Waals surface area contributed by atoms with Gasteiger partial charge in [0, 0.05) is 30.2 Å². The van der Waals surface area contributed by atoms with Gasteiger partial charge in [-0.2, -0.15) is 0 Å². The first-order valence-electron chi connectivity index (χ1n) is 17.0. The van der Waals surface area contributed by atoms with Crippen molar-refractivity contribution in [2.24, 2.45) is 16.2 Å². The number of carboxylic acid groups (broad SMARTS) is 1. The largest absolute Gasteiger partial charge is 0.481 e. The third kappa shape index (κ3) is 28.1. The fourth-order valence-electron chi connectivity index (χ4n) is 4.81. The number of ether oxygens (including phenoxy) is 1. The summed E-state index contributed by atoms with van der Waals surface area (Å²) in [5, 5.41) is 14.8. The highest BCUT2D eigenvalue weighted by Crippen LogP contribution is 2.23. The molecule has 10 heteroatoms. The molecule has 44 heavy (non-hydrogen) atoms. The predicted octanol–water partition coefficient (Wildman–Crippen LogP) is 7.79. The van der Waals surface area contributed by atoms with E-state index < -0.39 is 11.4 Å². The van der Waals surface area contributed by atoms with Crippen molar-refractivity contribution in [1.82, 2.24) is 15.5 Å². The van der Waals surface area contributed by atoms with Crippen molar-refractivity contribution in [2.45, 2.75) is 151 Å². The van der Waals surface area contributed by atoms with Gasteiger partial charge in [-0.25, -0.2) is 0 Å². The van der Waals surface area contributed by atoms with Crippen LogP contribution in [0.2, 0.25) is 0 Å². The van der Waals surface area contributed by atoms with Crippen LogP contribution in [0.4, 0.5) is 0 Å². The quantitative estimate of drug-likeness (QED) is 0.0270. The standard InChI is InChI=1S/C34H67N3O6S/c1-8-9-10-11-12-13-14-15-16-17-18-19-20-21-29(38)35-24-34(6,7)26-42-25-32(2,3)22-30(39)36-28-44-37-43-27-33(4,5)23-31(40)41/h37H,8-28H2,1-7H3,(H,35,38)(H,36,39)(H,40,41). The third-order valence-corrected chi connectivity index (χ3v) is 7.97. The highest BCUT2D eigenvalue weighted by molar-refractivity contribution is 7.97. The SMILES string of the molecule is CCCCCCCCCCCCCCCC(=O)NCC(C)(C)COCC(C)(C)CC(=O)NCSNOCC(C)(C)CC(=O)O. The molecule has 0 aromatic carbocycles. The number of aliphatic carboxylic acids is 1. The molecular formula is C34H67N3O6S. The van der Waals surface area contributed by atoms with E-state index in [0.29, 0.717) is 38.5 Å². The number of carbonyl (C=O) groups is 3. The van der Waals surface area contributed by atoms with E-state index in [9.17, 15) is 14.4 Å². The van der Waals surface area contributed by atoms with Crippen LogP contribution in [0.1, 0.15) is 151 Å². The first-order chi connectivity index (χ1) is 20.7. The second-order valence-electron chi connectivity index (χ2n) is 14.8. The third-order valence-electron chi connectivity index (χ3n) is 7.45. The molecule has 0 spiro atoms. The summed E-state index contributed by atoms with van der Waals surface area (Å²) in [6.45, 7) is 15.8. The number of unbranched alkanes of at least 4 members (excludes halogenated alkanes) is 12. The predicted molar refractivity (Wildman–Crippen MR) is 182 cm³/mol. The summed E-state index contributed by atoms with van der Waals surface area (Å²) in [6, 6.07) is 0. The van der Waals surface area contributed by atoms with Gasteiger partial charge in [-0.15, -0.1) is 4.89 Å². The molecule has 0 heterocycles. The van der Waals surface area contributed by atoms with Crippen LogP contribution in [-0.2, 0) is 24.0 Å². The van der Waals surface area contributed by atoms with Gasteiger partial charge in [0.2, 0.25) is 11.8 Å². The first kappa shape index (κ1) is 42.6. The Morgan fingerprint density at radius 1 is 0.636 bits per heavy atom. The van der Waals surface area contributed by atoms with Crippen LogP contribution in [0.3, 0.4) is 0 Å². The Bertz CT molecular complexity index is 776. The van der Waals surface area contributed by atoms with Gasteiger partial charge in [-0.3, -0.25) is 19.2 Å². The lowest BCUT2D eigenvalue weighted by molar-refractivity contribution is -0.140. The Hall–Kier alpha value is -1.36. The summed E-state index contributed by atoms with van der Waals surface area (Å²) >= 11 is 1.19. The zero-order valence-corrected chi connectivity index (χ0v) is 30.1. The molecule has 0 radical (unpaired) electrons. The molecule has 0 saturated carbocycles. The Balaban J connectivity index is 3.87. The average Bonchev–Trinajstić information content (AvgIpc) is 2.90. The van der Waals surface area contributed by atoms with Crippen LogP contribution in [0, 0.1) is 16.2 Å². The number of nitrogens with one attached hydrogen (secondary N) is 3. The normalized spacial score (nSPS) is 12.3. The lowest BCUT2D eigenvalue weighted by Gasteiger charge is -2.29. The molecule has 0 fully saturated rings. The van der Waals surface area contributed by atoms with E-state index in [2.05, 4.69) is 36.3 Å². The summed E-state index contributed by atoms with van der Waals surface area (Å²) < 4.78 is 5.98. The summed E-state index contributed by atoms with van der Waals surface area (Å²) in [4.78, 5) is 43.6. The number of hydrogen-bond donors (Lipinski definition) is 4. The fourth-order valence-corrected chi connectivity index (χ4v) is 5.24. The fraction of sp³-hybridized carbons (Fsp3) is 0.912. The van der Waals surface area contributed by atoms with Crippen LogP contribution in [0.5, 0.6) is 0 Å². The molecule has 0 aromatic rings. The van der Waals surface area contributed by atoms with Gasteiger partial charge in [0.05, 0.1) is 32.1 Å². The van der Waals surface area contributed by atoms with E-state index in [1.807, 2.05) is 27.7 Å². The Morgan fingerprint density at radius 3 is 1.68 bits per heavy atom. The molecule has 4 N–H and O–H groups in total. The molecule has 0 aliphatic rings. The first-order valence-corrected chi connectivity index (χ1v) is 18.0. The molecule has 2 amide bonds. The molecule has 0 aliphatic carbocycles. The van der Waals surface area contributed by atoms with Gasteiger partial charge >= 0.3 is 5.97 Å². The zero-order valence-electron chi connectivity index (χ0n) is 29.2.